The van der Waals surface area contributed by atoms with Crippen LogP contribution in [0.2, 0.25) is 0 Å². The largest absolute Gasteiger partial charge is 0.489 e. The number of nitrogens with zero attached hydrogens (tertiary/aromatic N) is 1. The van der Waals surface area contributed by atoms with Gasteiger partial charge in [-0.05, 0) is 23.8 Å². The molecule has 3 heteroatoms. The quantitative estimate of drug-likeness (QED) is 0.890. The molecule has 0 saturated heterocycles. The predicted molar refractivity (Wildman–Crippen MR) is 69.8 cm³/mol. The SMILES string of the molecule is N#Cc1ccccc1COc1cccc(CN)c1. The Labute approximate surface area is 106 Å². The fraction of sp³-hybridized carbons (Fsp3) is 0.133. The molecular formula is C15H14N2O. The summed E-state index contributed by atoms with van der Waals surface area (Å²) in [7, 11) is 0. The standard InChI is InChI=1S/C15H14N2O/c16-9-12-4-3-7-15(8-12)18-11-14-6-2-1-5-13(14)10-17/h1-8H,9,11,16H2. The molecule has 0 spiro atoms. The van der Waals surface area contributed by atoms with Gasteiger partial charge in [-0.2, -0.15) is 5.26 Å². The summed E-state index contributed by atoms with van der Waals surface area (Å²) >= 11 is 0. The molecule has 2 N–H and O–H groups in total. The maximum Gasteiger partial charge on any atom is 0.120 e. The minimum absolute atomic E-state index is 0.387. The van der Waals surface area contributed by atoms with Gasteiger partial charge in [0.25, 0.3) is 0 Å². The van der Waals surface area contributed by atoms with Crippen molar-refractivity contribution in [1.82, 2.24) is 0 Å². The zero-order chi connectivity index (χ0) is 12.8. The second kappa shape index (κ2) is 5.85. The predicted octanol–water partition coefficient (Wildman–Crippen LogP) is 2.60. The van der Waals surface area contributed by atoms with E-state index < -0.39 is 0 Å². The fourth-order valence-corrected chi connectivity index (χ4v) is 1.68. The minimum atomic E-state index is 0.387. The smallest absolute Gasteiger partial charge is 0.120 e. The van der Waals surface area contributed by atoms with Crippen LogP contribution in [-0.2, 0) is 13.2 Å². The lowest BCUT2D eigenvalue weighted by Crippen LogP contribution is -2.00. The lowest BCUT2D eigenvalue weighted by atomic mass is 10.1. The van der Waals surface area contributed by atoms with Gasteiger partial charge in [-0.3, -0.25) is 0 Å². The summed E-state index contributed by atoms with van der Waals surface area (Å²) in [4.78, 5) is 0. The number of ether oxygens (including phenoxy) is 1. The molecule has 3 nitrogen and oxygen atoms in total. The van der Waals surface area contributed by atoms with Crippen LogP contribution in [-0.4, -0.2) is 0 Å². The van der Waals surface area contributed by atoms with E-state index in [1.807, 2.05) is 42.5 Å². The van der Waals surface area contributed by atoms with Crippen molar-refractivity contribution in [3.05, 3.63) is 65.2 Å². The van der Waals surface area contributed by atoms with Crippen LogP contribution in [0.4, 0.5) is 0 Å². The van der Waals surface area contributed by atoms with Crippen molar-refractivity contribution in [2.75, 3.05) is 0 Å². The third-order valence-electron chi connectivity index (χ3n) is 2.67. The average molecular weight is 238 g/mol. The van der Waals surface area contributed by atoms with E-state index in [-0.39, 0.29) is 0 Å². The van der Waals surface area contributed by atoms with Crippen molar-refractivity contribution in [3.63, 3.8) is 0 Å². The number of hydrogen-bond acceptors (Lipinski definition) is 3. The summed E-state index contributed by atoms with van der Waals surface area (Å²) in [6.45, 7) is 0.879. The van der Waals surface area contributed by atoms with Crippen LogP contribution >= 0.6 is 0 Å². The van der Waals surface area contributed by atoms with Crippen LogP contribution in [0.5, 0.6) is 5.75 Å². The zero-order valence-electron chi connectivity index (χ0n) is 9.97. The number of nitriles is 1. The number of hydrogen-bond donors (Lipinski definition) is 1. The van der Waals surface area contributed by atoms with E-state index in [1.54, 1.807) is 6.07 Å². The van der Waals surface area contributed by atoms with Gasteiger partial charge in [-0.25, -0.2) is 0 Å². The van der Waals surface area contributed by atoms with Crippen LogP contribution in [0.25, 0.3) is 0 Å². The molecule has 0 bridgehead atoms. The van der Waals surface area contributed by atoms with E-state index in [1.165, 1.54) is 0 Å². The third kappa shape index (κ3) is 2.88. The maximum atomic E-state index is 8.98. The lowest BCUT2D eigenvalue weighted by molar-refractivity contribution is 0.305. The second-order valence-electron chi connectivity index (χ2n) is 3.91. The van der Waals surface area contributed by atoms with Gasteiger partial charge in [0.2, 0.25) is 0 Å². The highest BCUT2D eigenvalue weighted by Crippen LogP contribution is 2.16. The van der Waals surface area contributed by atoms with E-state index >= 15 is 0 Å². The Hall–Kier alpha value is -2.31. The van der Waals surface area contributed by atoms with Crippen molar-refractivity contribution >= 4 is 0 Å². The summed E-state index contributed by atoms with van der Waals surface area (Å²) in [5.41, 5.74) is 8.13. The van der Waals surface area contributed by atoms with Gasteiger partial charge in [0.1, 0.15) is 12.4 Å². The third-order valence-corrected chi connectivity index (χ3v) is 2.67. The average Bonchev–Trinajstić information content (AvgIpc) is 2.45. The van der Waals surface area contributed by atoms with E-state index in [0.717, 1.165) is 16.9 Å². The first kappa shape index (κ1) is 12.2. The molecule has 2 aromatic rings. The van der Waals surface area contributed by atoms with Crippen molar-refractivity contribution in [3.8, 4) is 11.8 Å². The van der Waals surface area contributed by atoms with Crippen LogP contribution < -0.4 is 10.5 Å². The minimum Gasteiger partial charge on any atom is -0.489 e. The van der Waals surface area contributed by atoms with E-state index in [9.17, 15) is 0 Å². The molecule has 0 aliphatic carbocycles. The van der Waals surface area contributed by atoms with Gasteiger partial charge in [0, 0.05) is 12.1 Å². The molecule has 18 heavy (non-hydrogen) atoms. The Bertz CT molecular complexity index is 573. The number of benzene rings is 2. The Morgan fingerprint density at radius 1 is 1.11 bits per heavy atom. The van der Waals surface area contributed by atoms with Gasteiger partial charge in [0.15, 0.2) is 0 Å². The van der Waals surface area contributed by atoms with Crippen molar-refractivity contribution in [1.29, 1.82) is 5.26 Å². The normalized spacial score (nSPS) is 9.78. The molecule has 0 saturated carbocycles. The Morgan fingerprint density at radius 2 is 1.94 bits per heavy atom. The zero-order valence-corrected chi connectivity index (χ0v) is 9.97. The van der Waals surface area contributed by atoms with Crippen LogP contribution in [0.1, 0.15) is 16.7 Å². The maximum absolute atomic E-state index is 8.98. The molecule has 0 radical (unpaired) electrons. The van der Waals surface area contributed by atoms with Gasteiger partial charge >= 0.3 is 0 Å². The fourth-order valence-electron chi connectivity index (χ4n) is 1.68. The molecule has 0 amide bonds. The highest BCUT2D eigenvalue weighted by molar-refractivity contribution is 5.37. The summed E-state index contributed by atoms with van der Waals surface area (Å²) in [5.74, 6) is 0.769. The first-order valence-electron chi connectivity index (χ1n) is 5.73. The number of nitrogens with two attached hydrogens (primary N) is 1. The molecular weight excluding hydrogens is 224 g/mol. The van der Waals surface area contributed by atoms with Gasteiger partial charge in [-0.1, -0.05) is 30.3 Å². The molecule has 0 unspecified atom stereocenters. The highest BCUT2D eigenvalue weighted by Gasteiger charge is 2.02. The number of rotatable bonds is 4. The first-order chi connectivity index (χ1) is 8.83. The molecule has 0 fully saturated rings. The lowest BCUT2D eigenvalue weighted by Gasteiger charge is -2.08. The summed E-state index contributed by atoms with van der Waals surface area (Å²) in [6.07, 6.45) is 0. The van der Waals surface area contributed by atoms with Crippen LogP contribution in [0, 0.1) is 11.3 Å². The first-order valence-corrected chi connectivity index (χ1v) is 5.73. The molecule has 90 valence electrons. The summed E-state index contributed by atoms with van der Waals surface area (Å²) < 4.78 is 5.67. The van der Waals surface area contributed by atoms with Gasteiger partial charge in [-0.15, -0.1) is 0 Å². The van der Waals surface area contributed by atoms with Crippen LogP contribution in [0.3, 0.4) is 0 Å². The van der Waals surface area contributed by atoms with Gasteiger partial charge in [0.05, 0.1) is 11.6 Å². The summed E-state index contributed by atoms with van der Waals surface area (Å²) in [5, 5.41) is 8.98. The highest BCUT2D eigenvalue weighted by atomic mass is 16.5. The van der Waals surface area contributed by atoms with Crippen molar-refractivity contribution in [2.45, 2.75) is 13.2 Å². The van der Waals surface area contributed by atoms with Crippen molar-refractivity contribution in [2.24, 2.45) is 5.73 Å². The molecule has 2 rings (SSSR count). The van der Waals surface area contributed by atoms with E-state index in [2.05, 4.69) is 6.07 Å². The monoisotopic (exact) mass is 238 g/mol. The Balaban J connectivity index is 2.09. The van der Waals surface area contributed by atoms with Gasteiger partial charge < -0.3 is 10.5 Å². The Kier molecular flexibility index (Phi) is 3.95. The van der Waals surface area contributed by atoms with E-state index in [0.29, 0.717) is 18.7 Å². The molecule has 2 aromatic carbocycles. The second-order valence-corrected chi connectivity index (χ2v) is 3.91. The Morgan fingerprint density at radius 3 is 2.72 bits per heavy atom. The van der Waals surface area contributed by atoms with E-state index in [4.69, 9.17) is 15.7 Å². The topological polar surface area (TPSA) is 59.0 Å². The molecule has 0 atom stereocenters. The molecule has 0 aromatic heterocycles. The van der Waals surface area contributed by atoms with Crippen LogP contribution in [0.15, 0.2) is 48.5 Å². The summed E-state index contributed by atoms with van der Waals surface area (Å²) in [6, 6.07) is 17.2. The molecule has 0 heterocycles. The van der Waals surface area contributed by atoms with Crippen molar-refractivity contribution < 1.29 is 4.74 Å². The molecule has 0 aliphatic heterocycles. The molecule has 0 aliphatic rings.